The maximum Gasteiger partial charge on any atom is 0.307 e. The van der Waals surface area contributed by atoms with Crippen molar-refractivity contribution in [2.45, 2.75) is 39.4 Å². The number of esters is 1. The van der Waals surface area contributed by atoms with E-state index in [2.05, 4.69) is 44.3 Å². The van der Waals surface area contributed by atoms with Crippen LogP contribution in [0.5, 0.6) is 0 Å². The second-order valence-electron chi connectivity index (χ2n) is 5.28. The molecule has 0 fully saturated rings. The van der Waals surface area contributed by atoms with Crippen LogP contribution in [0.25, 0.3) is 0 Å². The first kappa shape index (κ1) is 14.7. The molecular formula is C15H22O2Si. The molecule has 0 amide bonds. The summed E-state index contributed by atoms with van der Waals surface area (Å²) in [4.78, 5) is 10.8. The quantitative estimate of drug-likeness (QED) is 0.472. The second-order valence-corrected chi connectivity index (χ2v) is 10.2. The molecule has 0 heterocycles. The van der Waals surface area contributed by atoms with Gasteiger partial charge in [-0.1, -0.05) is 55.5 Å². The van der Waals surface area contributed by atoms with Gasteiger partial charge in [0.15, 0.2) is 0 Å². The van der Waals surface area contributed by atoms with Crippen molar-refractivity contribution in [3.8, 4) is 0 Å². The number of allylic oxidation sites excluding steroid dienone is 1. The Morgan fingerprint density at radius 1 is 1.22 bits per heavy atom. The summed E-state index contributed by atoms with van der Waals surface area (Å²) in [6.45, 7) is 10.4. The van der Waals surface area contributed by atoms with E-state index < -0.39 is 8.07 Å². The lowest BCUT2D eigenvalue weighted by Crippen LogP contribution is -2.45. The number of hydrogen-bond acceptors (Lipinski definition) is 2. The molecule has 1 atom stereocenters. The highest BCUT2D eigenvalue weighted by Crippen LogP contribution is 2.28. The molecule has 0 bridgehead atoms. The Bertz CT molecular complexity index is 435. The Kier molecular flexibility index (Phi) is 4.90. The molecule has 0 aromatic heterocycles. The van der Waals surface area contributed by atoms with Gasteiger partial charge in [-0.25, -0.2) is 0 Å². The molecule has 98 valence electrons. The Balaban J connectivity index is 2.91. The number of ether oxygens (including phenoxy) is 1. The maximum atomic E-state index is 10.8. The van der Waals surface area contributed by atoms with Crippen LogP contribution in [0.3, 0.4) is 0 Å². The number of benzene rings is 1. The van der Waals surface area contributed by atoms with Crippen LogP contribution in [-0.2, 0) is 9.53 Å². The molecule has 1 rings (SSSR count). The number of rotatable bonds is 4. The van der Waals surface area contributed by atoms with Crippen molar-refractivity contribution >= 4 is 19.2 Å². The number of hydrogen-bond donors (Lipinski definition) is 0. The van der Waals surface area contributed by atoms with E-state index in [1.807, 2.05) is 13.0 Å². The summed E-state index contributed by atoms with van der Waals surface area (Å²) in [7, 11) is -1.58. The van der Waals surface area contributed by atoms with Gasteiger partial charge in [-0.15, -0.1) is 0 Å². The average Bonchev–Trinajstić information content (AvgIpc) is 2.36. The molecule has 0 saturated carbocycles. The van der Waals surface area contributed by atoms with E-state index in [0.717, 1.165) is 5.57 Å². The summed E-state index contributed by atoms with van der Waals surface area (Å²) in [6.07, 6.45) is 1.60. The first-order valence-electron chi connectivity index (χ1n) is 6.25. The summed E-state index contributed by atoms with van der Waals surface area (Å²) in [5, 5.41) is 1.42. The largest absolute Gasteiger partial charge is 0.435 e. The summed E-state index contributed by atoms with van der Waals surface area (Å²) >= 11 is 0. The Hall–Kier alpha value is -1.35. The molecule has 18 heavy (non-hydrogen) atoms. The van der Waals surface area contributed by atoms with Gasteiger partial charge in [0.1, 0.15) is 0 Å². The van der Waals surface area contributed by atoms with Gasteiger partial charge in [0.25, 0.3) is 0 Å². The molecule has 0 aliphatic heterocycles. The predicted octanol–water partition coefficient (Wildman–Crippen LogP) is 3.46. The minimum absolute atomic E-state index is 0.263. The third-order valence-electron chi connectivity index (χ3n) is 3.69. The van der Waals surface area contributed by atoms with Crippen molar-refractivity contribution in [2.75, 3.05) is 0 Å². The van der Waals surface area contributed by atoms with Crippen LogP contribution < -0.4 is 5.19 Å². The Morgan fingerprint density at radius 3 is 2.28 bits per heavy atom. The van der Waals surface area contributed by atoms with Crippen molar-refractivity contribution in [1.29, 1.82) is 0 Å². The van der Waals surface area contributed by atoms with Gasteiger partial charge in [0.2, 0.25) is 0 Å². The molecule has 0 saturated heterocycles. The lowest BCUT2D eigenvalue weighted by molar-refractivity contribution is -0.135. The SMILES string of the molecule is CC(=O)O/C=C(\C)[C@H](C)[Si](C)(C)c1ccccc1. The summed E-state index contributed by atoms with van der Waals surface area (Å²) in [5.74, 6) is -0.263. The third-order valence-corrected chi connectivity index (χ3v) is 8.14. The lowest BCUT2D eigenvalue weighted by Gasteiger charge is -2.30. The monoisotopic (exact) mass is 262 g/mol. The molecule has 1 aromatic carbocycles. The van der Waals surface area contributed by atoms with E-state index in [9.17, 15) is 4.79 Å². The molecule has 0 aliphatic rings. The molecule has 0 radical (unpaired) electrons. The fourth-order valence-corrected chi connectivity index (χ4v) is 4.72. The van der Waals surface area contributed by atoms with Crippen LogP contribution in [0.2, 0.25) is 18.6 Å². The number of carbonyl (C=O) groups excluding carboxylic acids is 1. The summed E-state index contributed by atoms with van der Waals surface area (Å²) in [6, 6.07) is 10.6. The highest BCUT2D eigenvalue weighted by molar-refractivity contribution is 6.91. The van der Waals surface area contributed by atoms with Gasteiger partial charge in [-0.3, -0.25) is 4.79 Å². The first-order valence-corrected chi connectivity index (χ1v) is 9.33. The van der Waals surface area contributed by atoms with Gasteiger partial charge >= 0.3 is 5.97 Å². The Labute approximate surface area is 111 Å². The van der Waals surface area contributed by atoms with Crippen LogP contribution in [0.15, 0.2) is 42.2 Å². The normalized spacial score (nSPS) is 14.2. The van der Waals surface area contributed by atoms with E-state index >= 15 is 0 Å². The highest BCUT2D eigenvalue weighted by atomic mass is 28.3. The third kappa shape index (κ3) is 3.57. The van der Waals surface area contributed by atoms with Crippen LogP contribution >= 0.6 is 0 Å². The maximum absolute atomic E-state index is 10.8. The van der Waals surface area contributed by atoms with Crippen molar-refractivity contribution < 1.29 is 9.53 Å². The highest BCUT2D eigenvalue weighted by Gasteiger charge is 2.31. The van der Waals surface area contributed by atoms with Crippen LogP contribution in [-0.4, -0.2) is 14.0 Å². The zero-order chi connectivity index (χ0) is 13.8. The Morgan fingerprint density at radius 2 is 1.78 bits per heavy atom. The predicted molar refractivity (Wildman–Crippen MR) is 78.5 cm³/mol. The lowest BCUT2D eigenvalue weighted by atomic mass is 10.2. The minimum atomic E-state index is -1.58. The van der Waals surface area contributed by atoms with Crippen molar-refractivity contribution in [3.05, 3.63) is 42.2 Å². The molecule has 3 heteroatoms. The first-order chi connectivity index (χ1) is 8.35. The molecule has 0 N–H and O–H groups in total. The fraction of sp³-hybridized carbons (Fsp3) is 0.400. The standard InChI is InChI=1S/C15H22O2Si/c1-12(11-17-14(3)16)13(2)18(4,5)15-9-7-6-8-10-15/h6-11,13H,1-5H3/b12-11+/t13-/m0/s1. The smallest absolute Gasteiger partial charge is 0.307 e. The van der Waals surface area contributed by atoms with Gasteiger partial charge in [0, 0.05) is 6.92 Å². The fourth-order valence-electron chi connectivity index (χ4n) is 1.96. The van der Waals surface area contributed by atoms with Gasteiger partial charge < -0.3 is 4.74 Å². The molecule has 1 aromatic rings. The molecule has 0 aliphatic carbocycles. The molecular weight excluding hydrogens is 240 g/mol. The zero-order valence-corrected chi connectivity index (χ0v) is 12.9. The minimum Gasteiger partial charge on any atom is -0.435 e. The molecule has 0 spiro atoms. The van der Waals surface area contributed by atoms with Crippen LogP contribution in [0.1, 0.15) is 20.8 Å². The van der Waals surface area contributed by atoms with E-state index in [1.54, 1.807) is 6.26 Å². The van der Waals surface area contributed by atoms with E-state index in [1.165, 1.54) is 12.1 Å². The van der Waals surface area contributed by atoms with E-state index in [-0.39, 0.29) is 5.97 Å². The van der Waals surface area contributed by atoms with Crippen molar-refractivity contribution in [2.24, 2.45) is 0 Å². The van der Waals surface area contributed by atoms with E-state index in [0.29, 0.717) is 5.54 Å². The van der Waals surface area contributed by atoms with Crippen molar-refractivity contribution in [3.63, 3.8) is 0 Å². The van der Waals surface area contributed by atoms with E-state index in [4.69, 9.17) is 4.74 Å². The van der Waals surface area contributed by atoms with Gasteiger partial charge in [-0.2, -0.15) is 0 Å². The van der Waals surface area contributed by atoms with Gasteiger partial charge in [-0.05, 0) is 18.0 Å². The molecule has 0 unspecified atom stereocenters. The summed E-state index contributed by atoms with van der Waals surface area (Å²) < 4.78 is 4.98. The average molecular weight is 262 g/mol. The van der Waals surface area contributed by atoms with Crippen LogP contribution in [0.4, 0.5) is 0 Å². The van der Waals surface area contributed by atoms with Crippen molar-refractivity contribution in [1.82, 2.24) is 0 Å². The topological polar surface area (TPSA) is 26.3 Å². The second kappa shape index (κ2) is 6.00. The van der Waals surface area contributed by atoms with Gasteiger partial charge in [0.05, 0.1) is 14.3 Å². The summed E-state index contributed by atoms with van der Waals surface area (Å²) in [5.41, 5.74) is 1.56. The number of carbonyl (C=O) groups is 1. The zero-order valence-electron chi connectivity index (χ0n) is 11.9. The molecule has 2 nitrogen and oxygen atoms in total. The van der Waals surface area contributed by atoms with Crippen LogP contribution in [0, 0.1) is 0 Å².